The van der Waals surface area contributed by atoms with Crippen LogP contribution in [0.5, 0.6) is 0 Å². The number of nitro benzene ring substituents is 1. The monoisotopic (exact) mass is 184 g/mol. The molecule has 0 amide bonds. The van der Waals surface area contributed by atoms with Crippen molar-refractivity contribution in [3.05, 3.63) is 34.1 Å². The standard InChI is InChI=1S/C8H9FN2O2/c1-10(2)7-5-3-4-6(9)8(7)11(12)13/h3-5H,1-2H3. The third-order valence-electron chi connectivity index (χ3n) is 1.63. The van der Waals surface area contributed by atoms with Crippen LogP contribution < -0.4 is 4.90 Å². The van der Waals surface area contributed by atoms with E-state index in [2.05, 4.69) is 0 Å². The lowest BCUT2D eigenvalue weighted by molar-refractivity contribution is -0.386. The van der Waals surface area contributed by atoms with Crippen LogP contribution in [0.25, 0.3) is 0 Å². The second-order valence-corrected chi connectivity index (χ2v) is 2.76. The Labute approximate surface area is 74.7 Å². The fourth-order valence-corrected chi connectivity index (χ4v) is 1.05. The lowest BCUT2D eigenvalue weighted by Crippen LogP contribution is -2.11. The molecule has 0 aliphatic heterocycles. The fourth-order valence-electron chi connectivity index (χ4n) is 1.05. The molecule has 0 fully saturated rings. The lowest BCUT2D eigenvalue weighted by Gasteiger charge is -2.11. The van der Waals surface area contributed by atoms with Crippen molar-refractivity contribution in [1.82, 2.24) is 0 Å². The summed E-state index contributed by atoms with van der Waals surface area (Å²) >= 11 is 0. The summed E-state index contributed by atoms with van der Waals surface area (Å²) in [6, 6.07) is 4.02. The van der Waals surface area contributed by atoms with Crippen molar-refractivity contribution in [2.24, 2.45) is 0 Å². The van der Waals surface area contributed by atoms with E-state index in [4.69, 9.17) is 0 Å². The Kier molecular flexibility index (Phi) is 2.46. The molecule has 0 spiro atoms. The molecule has 0 radical (unpaired) electrons. The quantitative estimate of drug-likeness (QED) is 0.520. The van der Waals surface area contributed by atoms with Crippen LogP contribution in [0.2, 0.25) is 0 Å². The Bertz CT molecular complexity index is 339. The first-order valence-electron chi connectivity index (χ1n) is 3.64. The minimum Gasteiger partial charge on any atom is -0.372 e. The molecule has 0 aliphatic rings. The first kappa shape index (κ1) is 9.44. The van der Waals surface area contributed by atoms with Gasteiger partial charge in [-0.2, -0.15) is 4.39 Å². The summed E-state index contributed by atoms with van der Waals surface area (Å²) in [6.45, 7) is 0. The van der Waals surface area contributed by atoms with Crippen molar-refractivity contribution >= 4 is 11.4 Å². The van der Waals surface area contributed by atoms with Crippen LogP contribution in [0.1, 0.15) is 0 Å². The van der Waals surface area contributed by atoms with Gasteiger partial charge < -0.3 is 4.90 Å². The normalized spacial score (nSPS) is 9.77. The van der Waals surface area contributed by atoms with Gasteiger partial charge in [0.25, 0.3) is 0 Å². The van der Waals surface area contributed by atoms with Gasteiger partial charge in [-0.05, 0) is 12.1 Å². The summed E-state index contributed by atoms with van der Waals surface area (Å²) in [5.74, 6) is -0.809. The number of nitrogens with zero attached hydrogens (tertiary/aromatic N) is 2. The highest BCUT2D eigenvalue weighted by Gasteiger charge is 2.20. The highest BCUT2D eigenvalue weighted by atomic mass is 19.1. The van der Waals surface area contributed by atoms with E-state index in [0.717, 1.165) is 6.07 Å². The molecule has 70 valence electrons. The van der Waals surface area contributed by atoms with Gasteiger partial charge in [-0.15, -0.1) is 0 Å². The van der Waals surface area contributed by atoms with Gasteiger partial charge in [0.1, 0.15) is 5.69 Å². The molecule has 0 saturated heterocycles. The number of anilines is 1. The zero-order chi connectivity index (χ0) is 10.0. The van der Waals surface area contributed by atoms with Crippen LogP contribution in [-0.2, 0) is 0 Å². The van der Waals surface area contributed by atoms with E-state index in [0.29, 0.717) is 0 Å². The maximum absolute atomic E-state index is 13.0. The van der Waals surface area contributed by atoms with Gasteiger partial charge in [-0.25, -0.2) is 0 Å². The van der Waals surface area contributed by atoms with Gasteiger partial charge >= 0.3 is 5.69 Å². The molecule has 0 bridgehead atoms. The van der Waals surface area contributed by atoms with Gasteiger partial charge in [0.2, 0.25) is 5.82 Å². The molecule has 1 aromatic carbocycles. The molecule has 0 aromatic heterocycles. The smallest absolute Gasteiger partial charge is 0.327 e. The average molecular weight is 184 g/mol. The molecular formula is C8H9FN2O2. The number of para-hydroxylation sites is 1. The number of hydrogen-bond donors (Lipinski definition) is 0. The van der Waals surface area contributed by atoms with Gasteiger partial charge in [-0.1, -0.05) is 6.07 Å². The summed E-state index contributed by atoms with van der Waals surface area (Å²) in [5.41, 5.74) is -0.211. The highest BCUT2D eigenvalue weighted by molar-refractivity contribution is 5.62. The Balaban J connectivity index is 3.34. The van der Waals surface area contributed by atoms with Crippen LogP contribution in [0.3, 0.4) is 0 Å². The number of nitro groups is 1. The fraction of sp³-hybridized carbons (Fsp3) is 0.250. The summed E-state index contributed by atoms with van der Waals surface area (Å²) in [6.07, 6.45) is 0. The number of benzene rings is 1. The van der Waals surface area contributed by atoms with Gasteiger partial charge in [-0.3, -0.25) is 10.1 Å². The summed E-state index contributed by atoms with van der Waals surface area (Å²) in [4.78, 5) is 11.3. The van der Waals surface area contributed by atoms with Crippen LogP contribution in [0.15, 0.2) is 18.2 Å². The molecule has 0 saturated carbocycles. The first-order chi connectivity index (χ1) is 6.04. The van der Waals surface area contributed by atoms with Gasteiger partial charge in [0.15, 0.2) is 0 Å². The third kappa shape index (κ3) is 1.74. The van der Waals surface area contributed by atoms with Crippen LogP contribution in [0, 0.1) is 15.9 Å². The Morgan fingerprint density at radius 1 is 1.46 bits per heavy atom. The molecule has 0 N–H and O–H groups in total. The molecule has 13 heavy (non-hydrogen) atoms. The second-order valence-electron chi connectivity index (χ2n) is 2.76. The molecule has 0 atom stereocenters. The lowest BCUT2D eigenvalue weighted by atomic mass is 10.2. The zero-order valence-electron chi connectivity index (χ0n) is 7.32. The second kappa shape index (κ2) is 3.38. The van der Waals surface area contributed by atoms with E-state index in [1.54, 1.807) is 14.1 Å². The molecule has 0 heterocycles. The Hall–Kier alpha value is -1.65. The predicted molar refractivity (Wildman–Crippen MR) is 47.4 cm³/mol. The maximum Gasteiger partial charge on any atom is 0.327 e. The highest BCUT2D eigenvalue weighted by Crippen LogP contribution is 2.28. The van der Waals surface area contributed by atoms with E-state index < -0.39 is 16.4 Å². The van der Waals surface area contributed by atoms with Gasteiger partial charge in [0.05, 0.1) is 4.92 Å². The SMILES string of the molecule is CN(C)c1cccc(F)c1[N+](=O)[O-]. The molecule has 0 aliphatic carbocycles. The minimum absolute atomic E-state index is 0.269. The number of hydrogen-bond acceptors (Lipinski definition) is 3. The van der Waals surface area contributed by atoms with E-state index in [1.165, 1.54) is 17.0 Å². The Morgan fingerprint density at radius 3 is 2.46 bits per heavy atom. The average Bonchev–Trinajstić information content (AvgIpc) is 2.02. The summed E-state index contributed by atoms with van der Waals surface area (Å²) in [5, 5.41) is 10.5. The van der Waals surface area contributed by atoms with Crippen molar-refractivity contribution < 1.29 is 9.31 Å². The topological polar surface area (TPSA) is 46.4 Å². The van der Waals surface area contributed by atoms with E-state index >= 15 is 0 Å². The van der Waals surface area contributed by atoms with Crippen molar-refractivity contribution in [3.8, 4) is 0 Å². The zero-order valence-corrected chi connectivity index (χ0v) is 7.32. The predicted octanol–water partition coefficient (Wildman–Crippen LogP) is 1.80. The number of halogens is 1. The van der Waals surface area contributed by atoms with Crippen molar-refractivity contribution in [1.29, 1.82) is 0 Å². The summed E-state index contributed by atoms with van der Waals surface area (Å²) < 4.78 is 13.0. The summed E-state index contributed by atoms with van der Waals surface area (Å²) in [7, 11) is 3.25. The molecular weight excluding hydrogens is 175 g/mol. The number of rotatable bonds is 2. The first-order valence-corrected chi connectivity index (χ1v) is 3.64. The molecule has 0 unspecified atom stereocenters. The van der Waals surface area contributed by atoms with E-state index in [9.17, 15) is 14.5 Å². The van der Waals surface area contributed by atoms with Crippen LogP contribution in [0.4, 0.5) is 15.8 Å². The van der Waals surface area contributed by atoms with Crippen LogP contribution in [-0.4, -0.2) is 19.0 Å². The van der Waals surface area contributed by atoms with Crippen molar-refractivity contribution in [3.63, 3.8) is 0 Å². The van der Waals surface area contributed by atoms with E-state index in [-0.39, 0.29) is 5.69 Å². The van der Waals surface area contributed by atoms with Crippen molar-refractivity contribution in [2.45, 2.75) is 0 Å². The molecule has 5 heteroatoms. The maximum atomic E-state index is 13.0. The van der Waals surface area contributed by atoms with Gasteiger partial charge in [0, 0.05) is 14.1 Å². The Morgan fingerprint density at radius 2 is 2.08 bits per heavy atom. The molecule has 1 aromatic rings. The third-order valence-corrected chi connectivity index (χ3v) is 1.63. The minimum atomic E-state index is -0.809. The van der Waals surface area contributed by atoms with Crippen molar-refractivity contribution in [2.75, 3.05) is 19.0 Å². The largest absolute Gasteiger partial charge is 0.372 e. The van der Waals surface area contributed by atoms with E-state index in [1.807, 2.05) is 0 Å². The molecule has 4 nitrogen and oxygen atoms in total. The van der Waals surface area contributed by atoms with Crippen LogP contribution >= 0.6 is 0 Å². The molecule has 1 rings (SSSR count).